The summed E-state index contributed by atoms with van der Waals surface area (Å²) in [5.74, 6) is 0.667. The van der Waals surface area contributed by atoms with Gasteiger partial charge in [0.25, 0.3) is 5.69 Å². The zero-order chi connectivity index (χ0) is 24.2. The molecule has 0 aliphatic carbocycles. The minimum atomic E-state index is -0.352. The number of anilines is 4. The maximum absolute atomic E-state index is 11.7. The van der Waals surface area contributed by atoms with E-state index in [0.29, 0.717) is 22.9 Å². The molecule has 0 saturated carbocycles. The van der Waals surface area contributed by atoms with Gasteiger partial charge in [0, 0.05) is 34.0 Å². The second kappa shape index (κ2) is 10.2. The Morgan fingerprint density at radius 2 is 1.74 bits per heavy atom. The van der Waals surface area contributed by atoms with Crippen LogP contribution in [0.4, 0.5) is 28.7 Å². The molecule has 0 spiro atoms. The molecule has 1 aliphatic heterocycles. The molecule has 0 atom stereocenters. The van der Waals surface area contributed by atoms with Crippen molar-refractivity contribution in [3.05, 3.63) is 61.7 Å². The van der Waals surface area contributed by atoms with Crippen molar-refractivity contribution < 1.29 is 9.55 Å². The molecular weight excluding hydrogens is 565 g/mol. The summed E-state index contributed by atoms with van der Waals surface area (Å²) in [6.45, 7) is 1.65. The van der Waals surface area contributed by atoms with E-state index in [4.69, 9.17) is 4.63 Å². The molecule has 0 unspecified atom stereocenters. The summed E-state index contributed by atoms with van der Waals surface area (Å²) < 4.78 is 5.82. The number of nitro benzene ring substituents is 1. The van der Waals surface area contributed by atoms with E-state index in [9.17, 15) is 10.1 Å². The summed E-state index contributed by atoms with van der Waals surface area (Å²) in [4.78, 5) is 22.2. The van der Waals surface area contributed by atoms with Gasteiger partial charge in [-0.1, -0.05) is 6.07 Å². The molecular formula is C22H20IN9O3. The van der Waals surface area contributed by atoms with Gasteiger partial charge in [-0.05, 0) is 82.5 Å². The molecule has 2 aromatic carbocycles. The Balaban J connectivity index is 1.39. The molecule has 178 valence electrons. The third-order valence-corrected chi connectivity index (χ3v) is 6.22. The van der Waals surface area contributed by atoms with Gasteiger partial charge in [0.15, 0.2) is 11.6 Å². The standard InChI is InChI=1S/C22H20IN9O3/c23-15-5-7-16(8-6-15)25-19-20(27-22-21(26-19)29-35-30-22)28-24-13-14-4-9-17(18(12-14)32(33)34)31-10-2-1-3-11-31/h4-9,12-13H,1-3,10-11H2,(H,25,26,29)(H,27,28,30). The molecule has 35 heavy (non-hydrogen) atoms. The summed E-state index contributed by atoms with van der Waals surface area (Å²) in [7, 11) is 0. The first-order valence-corrected chi connectivity index (χ1v) is 12.0. The molecule has 5 rings (SSSR count). The summed E-state index contributed by atoms with van der Waals surface area (Å²) in [6.07, 6.45) is 4.72. The number of hydrazone groups is 1. The van der Waals surface area contributed by atoms with Crippen LogP contribution in [0, 0.1) is 13.7 Å². The smallest absolute Gasteiger partial charge is 0.293 e. The number of hydrogen-bond acceptors (Lipinski definition) is 11. The third kappa shape index (κ3) is 5.29. The van der Waals surface area contributed by atoms with Crippen molar-refractivity contribution in [3.63, 3.8) is 0 Å². The van der Waals surface area contributed by atoms with E-state index >= 15 is 0 Å². The summed E-state index contributed by atoms with van der Waals surface area (Å²) in [5.41, 5.74) is 5.39. The highest BCUT2D eigenvalue weighted by molar-refractivity contribution is 14.1. The van der Waals surface area contributed by atoms with Crippen LogP contribution >= 0.6 is 22.6 Å². The van der Waals surface area contributed by atoms with Gasteiger partial charge in [0.1, 0.15) is 5.69 Å². The maximum Gasteiger partial charge on any atom is 0.293 e. The van der Waals surface area contributed by atoms with E-state index in [1.807, 2.05) is 30.3 Å². The van der Waals surface area contributed by atoms with E-state index < -0.39 is 0 Å². The van der Waals surface area contributed by atoms with E-state index in [1.54, 1.807) is 6.07 Å². The number of nitro groups is 1. The molecule has 12 nitrogen and oxygen atoms in total. The lowest BCUT2D eigenvalue weighted by Gasteiger charge is -2.28. The summed E-state index contributed by atoms with van der Waals surface area (Å²) >= 11 is 2.23. The van der Waals surface area contributed by atoms with Crippen molar-refractivity contribution >= 4 is 68.8 Å². The Labute approximate surface area is 213 Å². The number of halogens is 1. The van der Waals surface area contributed by atoms with E-state index in [2.05, 4.69) is 63.6 Å². The lowest BCUT2D eigenvalue weighted by Crippen LogP contribution is -2.29. The highest BCUT2D eigenvalue weighted by atomic mass is 127. The van der Waals surface area contributed by atoms with Crippen LogP contribution in [0.3, 0.4) is 0 Å². The molecule has 1 fully saturated rings. The second-order valence-electron chi connectivity index (χ2n) is 7.89. The van der Waals surface area contributed by atoms with Gasteiger partial charge in [-0.2, -0.15) is 10.1 Å². The number of benzene rings is 2. The largest absolute Gasteiger partial charge is 0.366 e. The fourth-order valence-electron chi connectivity index (χ4n) is 3.81. The molecule has 0 bridgehead atoms. The van der Waals surface area contributed by atoms with Gasteiger partial charge in [0.2, 0.25) is 11.3 Å². The molecule has 13 heteroatoms. The maximum atomic E-state index is 11.7. The van der Waals surface area contributed by atoms with Gasteiger partial charge < -0.3 is 10.2 Å². The Morgan fingerprint density at radius 1 is 1.03 bits per heavy atom. The summed E-state index contributed by atoms with van der Waals surface area (Å²) in [6, 6.07) is 12.8. The number of piperidine rings is 1. The second-order valence-corrected chi connectivity index (χ2v) is 9.13. The van der Waals surface area contributed by atoms with Crippen molar-refractivity contribution in [2.75, 3.05) is 28.7 Å². The van der Waals surface area contributed by atoms with Gasteiger partial charge in [-0.15, -0.1) is 0 Å². The minimum absolute atomic E-state index is 0.0619. The zero-order valence-corrected chi connectivity index (χ0v) is 20.5. The van der Waals surface area contributed by atoms with E-state index in [0.717, 1.165) is 41.6 Å². The predicted molar refractivity (Wildman–Crippen MR) is 140 cm³/mol. The number of fused-ring (bicyclic) bond motifs is 1. The fraction of sp³-hybridized carbons (Fsp3) is 0.227. The van der Waals surface area contributed by atoms with Gasteiger partial charge in [0.05, 0.1) is 11.1 Å². The Kier molecular flexibility index (Phi) is 6.65. The molecule has 4 aromatic rings. The van der Waals surface area contributed by atoms with Crippen LogP contribution < -0.4 is 15.6 Å². The Bertz CT molecular complexity index is 1380. The molecule has 0 radical (unpaired) electrons. The highest BCUT2D eigenvalue weighted by Gasteiger charge is 2.21. The van der Waals surface area contributed by atoms with Crippen LogP contribution in [0.1, 0.15) is 24.8 Å². The lowest BCUT2D eigenvalue weighted by molar-refractivity contribution is -0.384. The van der Waals surface area contributed by atoms with Crippen molar-refractivity contribution in [1.82, 2.24) is 20.3 Å². The average Bonchev–Trinajstić information content (AvgIpc) is 3.33. The van der Waals surface area contributed by atoms with Crippen LogP contribution in [0.15, 0.2) is 52.2 Å². The molecule has 2 N–H and O–H groups in total. The number of nitrogens with zero attached hydrogens (tertiary/aromatic N) is 7. The molecule has 3 heterocycles. The Hall–Kier alpha value is -3.88. The number of rotatable bonds is 7. The number of hydrogen-bond donors (Lipinski definition) is 2. The first-order valence-electron chi connectivity index (χ1n) is 10.9. The summed E-state index contributed by atoms with van der Waals surface area (Å²) in [5, 5.41) is 26.6. The van der Waals surface area contributed by atoms with Crippen LogP contribution in [-0.2, 0) is 0 Å². The topological polar surface area (TPSA) is 148 Å². The van der Waals surface area contributed by atoms with E-state index in [-0.39, 0.29) is 21.9 Å². The molecule has 1 saturated heterocycles. The van der Waals surface area contributed by atoms with Crippen LogP contribution in [0.2, 0.25) is 0 Å². The molecule has 2 aromatic heterocycles. The quantitative estimate of drug-likeness (QED) is 0.135. The normalized spacial score (nSPS) is 13.9. The third-order valence-electron chi connectivity index (χ3n) is 5.50. The Morgan fingerprint density at radius 3 is 2.46 bits per heavy atom. The van der Waals surface area contributed by atoms with Crippen LogP contribution in [0.25, 0.3) is 11.3 Å². The SMILES string of the molecule is O=[N+]([O-])c1cc(C=NNc2nc3nonc3nc2Nc2ccc(I)cc2)ccc1N1CCCCC1. The first kappa shape index (κ1) is 22.9. The monoisotopic (exact) mass is 585 g/mol. The minimum Gasteiger partial charge on any atom is -0.366 e. The highest BCUT2D eigenvalue weighted by Crippen LogP contribution is 2.31. The van der Waals surface area contributed by atoms with Crippen LogP contribution in [-0.4, -0.2) is 44.5 Å². The van der Waals surface area contributed by atoms with Crippen molar-refractivity contribution in [2.24, 2.45) is 5.10 Å². The van der Waals surface area contributed by atoms with Crippen molar-refractivity contribution in [2.45, 2.75) is 19.3 Å². The van der Waals surface area contributed by atoms with Gasteiger partial charge in [-0.25, -0.2) is 9.61 Å². The molecule has 0 amide bonds. The first-order chi connectivity index (χ1) is 17.1. The predicted octanol–water partition coefficient (Wildman–Crippen LogP) is 4.71. The van der Waals surface area contributed by atoms with Crippen molar-refractivity contribution in [1.29, 1.82) is 0 Å². The van der Waals surface area contributed by atoms with E-state index in [1.165, 1.54) is 12.3 Å². The van der Waals surface area contributed by atoms with Gasteiger partial charge >= 0.3 is 0 Å². The number of nitrogens with one attached hydrogen (secondary N) is 2. The van der Waals surface area contributed by atoms with Crippen LogP contribution in [0.5, 0.6) is 0 Å². The average molecular weight is 585 g/mol. The molecule has 1 aliphatic rings. The number of aromatic nitrogens is 4. The van der Waals surface area contributed by atoms with Gasteiger partial charge in [-0.3, -0.25) is 15.5 Å². The fourth-order valence-corrected chi connectivity index (χ4v) is 4.17. The zero-order valence-electron chi connectivity index (χ0n) is 18.4. The van der Waals surface area contributed by atoms with Crippen molar-refractivity contribution in [3.8, 4) is 0 Å². The lowest BCUT2D eigenvalue weighted by atomic mass is 10.1.